The molecule has 1 saturated heterocycles. The molecule has 1 amide bonds. The topological polar surface area (TPSA) is 128 Å². The van der Waals surface area contributed by atoms with Gasteiger partial charge in [0.25, 0.3) is 10.0 Å². The third-order valence-electron chi connectivity index (χ3n) is 5.05. The van der Waals surface area contributed by atoms with Crippen LogP contribution in [0.15, 0.2) is 47.4 Å². The molecule has 0 aliphatic carbocycles. The van der Waals surface area contributed by atoms with E-state index in [1.807, 2.05) is 0 Å². The second kappa shape index (κ2) is 10.3. The van der Waals surface area contributed by atoms with Crippen molar-refractivity contribution < 1.29 is 44.3 Å². The van der Waals surface area contributed by atoms with Gasteiger partial charge in [0.2, 0.25) is 5.91 Å². The molecule has 1 aliphatic heterocycles. The van der Waals surface area contributed by atoms with Gasteiger partial charge >= 0.3 is 6.36 Å². The average molecular weight is 537 g/mol. The molecule has 0 radical (unpaired) electrons. The fraction of sp³-hybridized carbons (Fsp3) is 0.381. The summed E-state index contributed by atoms with van der Waals surface area (Å²) in [7, 11) is -7.43. The van der Waals surface area contributed by atoms with Crippen LogP contribution in [0.3, 0.4) is 0 Å². The lowest BCUT2D eigenvalue weighted by Gasteiger charge is -2.21. The van der Waals surface area contributed by atoms with E-state index in [2.05, 4.69) is 14.8 Å². The summed E-state index contributed by atoms with van der Waals surface area (Å²) < 4.78 is 97.8. The van der Waals surface area contributed by atoms with Gasteiger partial charge in [0, 0.05) is 23.7 Å². The Hall–Kier alpha value is -3.00. The van der Waals surface area contributed by atoms with Crippen LogP contribution in [0.1, 0.15) is 19.8 Å². The third kappa shape index (κ3) is 7.49. The van der Waals surface area contributed by atoms with Crippen LogP contribution in [-0.4, -0.2) is 47.2 Å². The summed E-state index contributed by atoms with van der Waals surface area (Å²) in [6.07, 6.45) is -4.55. The number of hydrogen-bond acceptors (Lipinski definition) is 7. The number of sulfone groups is 1. The fourth-order valence-corrected chi connectivity index (χ4v) is 6.11. The van der Waals surface area contributed by atoms with Gasteiger partial charge < -0.3 is 14.8 Å². The summed E-state index contributed by atoms with van der Waals surface area (Å²) in [5.41, 5.74) is 0.0743. The first-order chi connectivity index (χ1) is 16.3. The molecule has 0 spiro atoms. The van der Waals surface area contributed by atoms with E-state index < -0.39 is 43.8 Å². The number of ether oxygens (including phenoxy) is 2. The summed E-state index contributed by atoms with van der Waals surface area (Å²) in [6.45, 7) is 1.71. The van der Waals surface area contributed by atoms with E-state index in [-0.39, 0.29) is 53.0 Å². The van der Waals surface area contributed by atoms with Gasteiger partial charge in [-0.05, 0) is 44.0 Å². The van der Waals surface area contributed by atoms with Gasteiger partial charge in [0.1, 0.15) is 26.2 Å². The van der Waals surface area contributed by atoms with Crippen LogP contribution in [0, 0.1) is 5.92 Å². The van der Waals surface area contributed by atoms with Gasteiger partial charge in [-0.25, -0.2) is 16.8 Å². The van der Waals surface area contributed by atoms with Gasteiger partial charge in [-0.1, -0.05) is 6.07 Å². The Kier molecular flexibility index (Phi) is 7.84. The number of hydrogen-bond donors (Lipinski definition) is 2. The molecular formula is C21H23F3N2O7S2. The molecule has 1 heterocycles. The average Bonchev–Trinajstić information content (AvgIpc) is 2.72. The summed E-state index contributed by atoms with van der Waals surface area (Å²) in [6, 6.07) is 8.17. The quantitative estimate of drug-likeness (QED) is 0.528. The molecule has 2 N–H and O–H groups in total. The predicted octanol–water partition coefficient (Wildman–Crippen LogP) is 3.55. The summed E-state index contributed by atoms with van der Waals surface area (Å²) in [4.78, 5) is 12.2. The number of alkyl halides is 3. The van der Waals surface area contributed by atoms with Crippen LogP contribution in [0.4, 0.5) is 24.5 Å². The lowest BCUT2D eigenvalue weighted by atomic mass is 10.0. The molecule has 0 unspecified atom stereocenters. The SMILES string of the molecule is CCOc1cc(NC(=O)C2CCS(=O)(=O)CC2)ccc1S(=O)(=O)Nc1cccc(OC(F)(F)F)c1. The van der Waals surface area contributed by atoms with Gasteiger partial charge in [-0.2, -0.15) is 0 Å². The molecule has 35 heavy (non-hydrogen) atoms. The number of sulfonamides is 1. The first kappa shape index (κ1) is 26.6. The smallest absolute Gasteiger partial charge is 0.492 e. The Balaban J connectivity index is 1.79. The van der Waals surface area contributed by atoms with Crippen molar-refractivity contribution in [2.24, 2.45) is 5.92 Å². The van der Waals surface area contributed by atoms with Gasteiger partial charge in [0.05, 0.1) is 23.8 Å². The standard InChI is InChI=1S/C21H23F3N2O7S2/c1-2-32-18-13-15(25-20(27)14-8-10-34(28,29)11-9-14)6-7-19(18)35(30,31)26-16-4-3-5-17(12-16)33-21(22,23)24/h3-7,12-14,26H,2,8-11H2,1H3,(H,25,27). The van der Waals surface area contributed by atoms with Crippen molar-refractivity contribution in [1.29, 1.82) is 0 Å². The van der Waals surface area contributed by atoms with Crippen molar-refractivity contribution in [2.75, 3.05) is 28.2 Å². The van der Waals surface area contributed by atoms with Crippen molar-refractivity contribution >= 4 is 37.1 Å². The molecule has 1 aliphatic rings. The van der Waals surface area contributed by atoms with Crippen LogP contribution in [0.2, 0.25) is 0 Å². The maximum absolute atomic E-state index is 12.9. The van der Waals surface area contributed by atoms with E-state index >= 15 is 0 Å². The summed E-state index contributed by atoms with van der Waals surface area (Å²) in [5.74, 6) is -1.73. The number of halogens is 3. The lowest BCUT2D eigenvalue weighted by Crippen LogP contribution is -2.31. The van der Waals surface area contributed by atoms with Crippen molar-refractivity contribution in [3.05, 3.63) is 42.5 Å². The zero-order valence-electron chi connectivity index (χ0n) is 18.5. The maximum atomic E-state index is 12.9. The lowest BCUT2D eigenvalue weighted by molar-refractivity contribution is -0.274. The Morgan fingerprint density at radius 2 is 1.77 bits per heavy atom. The summed E-state index contributed by atoms with van der Waals surface area (Å²) >= 11 is 0. The molecule has 0 bridgehead atoms. The minimum Gasteiger partial charge on any atom is -0.492 e. The van der Waals surface area contributed by atoms with Crippen LogP contribution >= 0.6 is 0 Å². The Morgan fingerprint density at radius 1 is 1.09 bits per heavy atom. The van der Waals surface area contributed by atoms with Gasteiger partial charge in [-0.3, -0.25) is 9.52 Å². The number of anilines is 2. The fourth-order valence-electron chi connectivity index (χ4n) is 3.44. The van der Waals surface area contributed by atoms with Crippen molar-refractivity contribution in [3.63, 3.8) is 0 Å². The second-order valence-corrected chi connectivity index (χ2v) is 11.6. The van der Waals surface area contributed by atoms with Crippen LogP contribution in [0.25, 0.3) is 0 Å². The molecule has 1 fully saturated rings. The van der Waals surface area contributed by atoms with E-state index in [0.717, 1.165) is 12.1 Å². The molecule has 0 aromatic heterocycles. The highest BCUT2D eigenvalue weighted by molar-refractivity contribution is 7.92. The predicted molar refractivity (Wildman–Crippen MR) is 122 cm³/mol. The normalized spacial score (nSPS) is 16.3. The molecule has 0 saturated carbocycles. The van der Waals surface area contributed by atoms with Gasteiger partial charge in [0.15, 0.2) is 0 Å². The Labute approximate surface area is 200 Å². The highest BCUT2D eigenvalue weighted by Gasteiger charge is 2.31. The van der Waals surface area contributed by atoms with Crippen molar-refractivity contribution in [1.82, 2.24) is 0 Å². The van der Waals surface area contributed by atoms with Crippen LogP contribution in [-0.2, 0) is 24.7 Å². The molecular weight excluding hydrogens is 513 g/mol. The van der Waals surface area contributed by atoms with Crippen molar-refractivity contribution in [3.8, 4) is 11.5 Å². The molecule has 14 heteroatoms. The number of carbonyl (C=O) groups is 1. The monoisotopic (exact) mass is 536 g/mol. The molecule has 9 nitrogen and oxygen atoms in total. The Morgan fingerprint density at radius 3 is 2.40 bits per heavy atom. The second-order valence-electron chi connectivity index (χ2n) is 7.69. The van der Waals surface area contributed by atoms with E-state index in [9.17, 15) is 34.8 Å². The molecule has 2 aromatic carbocycles. The number of carbonyl (C=O) groups excluding carboxylic acids is 1. The van der Waals surface area contributed by atoms with Crippen LogP contribution < -0.4 is 19.5 Å². The van der Waals surface area contributed by atoms with E-state index in [1.54, 1.807) is 6.92 Å². The highest BCUT2D eigenvalue weighted by Crippen LogP contribution is 2.31. The zero-order valence-corrected chi connectivity index (χ0v) is 20.1. The van der Waals surface area contributed by atoms with Crippen LogP contribution in [0.5, 0.6) is 11.5 Å². The van der Waals surface area contributed by atoms with E-state index in [0.29, 0.717) is 0 Å². The number of nitrogens with one attached hydrogen (secondary N) is 2. The largest absolute Gasteiger partial charge is 0.573 e. The minimum atomic E-state index is -4.94. The Bertz CT molecular complexity index is 1280. The number of amides is 1. The number of benzene rings is 2. The molecule has 3 rings (SSSR count). The maximum Gasteiger partial charge on any atom is 0.573 e. The van der Waals surface area contributed by atoms with E-state index in [1.165, 1.54) is 30.3 Å². The van der Waals surface area contributed by atoms with E-state index in [4.69, 9.17) is 4.74 Å². The van der Waals surface area contributed by atoms with Crippen molar-refractivity contribution in [2.45, 2.75) is 31.0 Å². The molecule has 2 aromatic rings. The molecule has 0 atom stereocenters. The summed E-state index contributed by atoms with van der Waals surface area (Å²) in [5, 5.41) is 2.64. The number of rotatable bonds is 8. The minimum absolute atomic E-state index is 0.0760. The first-order valence-corrected chi connectivity index (χ1v) is 13.8. The molecule has 192 valence electrons. The van der Waals surface area contributed by atoms with Gasteiger partial charge in [-0.15, -0.1) is 13.2 Å². The third-order valence-corrected chi connectivity index (χ3v) is 8.18. The first-order valence-electron chi connectivity index (χ1n) is 10.4. The highest BCUT2D eigenvalue weighted by atomic mass is 32.2. The zero-order chi connectivity index (χ0) is 25.9.